The van der Waals surface area contributed by atoms with Gasteiger partial charge in [0.15, 0.2) is 5.69 Å². The Morgan fingerprint density at radius 1 is 1.36 bits per heavy atom. The van der Waals surface area contributed by atoms with E-state index in [-0.39, 0.29) is 18.3 Å². The zero-order valence-corrected chi connectivity index (χ0v) is 13.6. The van der Waals surface area contributed by atoms with Crippen molar-refractivity contribution in [2.45, 2.75) is 51.2 Å². The first kappa shape index (κ1) is 17.2. The van der Waals surface area contributed by atoms with Crippen molar-refractivity contribution in [1.29, 1.82) is 0 Å². The van der Waals surface area contributed by atoms with E-state index in [0.717, 1.165) is 43.8 Å². The van der Waals surface area contributed by atoms with E-state index in [9.17, 15) is 4.79 Å². The lowest BCUT2D eigenvalue weighted by atomic mass is 10.1. The first-order valence-corrected chi connectivity index (χ1v) is 8.01. The lowest BCUT2D eigenvalue weighted by molar-refractivity contribution is 0.0565. The van der Waals surface area contributed by atoms with Crippen LogP contribution in [-0.4, -0.2) is 41.9 Å². The number of ether oxygens (including phenoxy) is 1. The van der Waals surface area contributed by atoms with Gasteiger partial charge < -0.3 is 15.4 Å². The van der Waals surface area contributed by atoms with E-state index in [1.54, 1.807) is 0 Å². The highest BCUT2D eigenvalue weighted by molar-refractivity contribution is 5.94. The fraction of sp³-hybridized carbons (Fsp3) is 0.733. The van der Waals surface area contributed by atoms with Gasteiger partial charge in [-0.25, -0.2) is 0 Å². The van der Waals surface area contributed by atoms with Crippen LogP contribution in [0.2, 0.25) is 0 Å². The summed E-state index contributed by atoms with van der Waals surface area (Å²) in [5, 5.41) is 13.3. The number of amides is 1. The molecule has 1 amide bonds. The molecular weight excluding hydrogens is 304 g/mol. The number of hydrogen-bond donors (Lipinski definition) is 3. The SMILES string of the molecule is Cl.O=C(NCCCOC1CCCC1)c1n[nH]c2c1CNCC2. The summed E-state index contributed by atoms with van der Waals surface area (Å²) in [5.41, 5.74) is 2.64. The Bertz CT molecular complexity index is 486. The third-order valence-electron chi connectivity index (χ3n) is 4.28. The average Bonchev–Trinajstić information content (AvgIpc) is 3.16. The van der Waals surface area contributed by atoms with Crippen molar-refractivity contribution in [3.63, 3.8) is 0 Å². The molecule has 3 rings (SSSR count). The second-order valence-electron chi connectivity index (χ2n) is 5.84. The molecule has 2 heterocycles. The van der Waals surface area contributed by atoms with Gasteiger partial charge in [-0.1, -0.05) is 12.8 Å². The number of rotatable bonds is 6. The number of aromatic nitrogens is 2. The number of halogens is 1. The summed E-state index contributed by atoms with van der Waals surface area (Å²) in [6.45, 7) is 3.03. The quantitative estimate of drug-likeness (QED) is 0.692. The number of carbonyl (C=O) groups is 1. The molecule has 1 aromatic rings. The minimum atomic E-state index is -0.0860. The number of carbonyl (C=O) groups excluding carboxylic acids is 1. The molecule has 0 spiro atoms. The highest BCUT2D eigenvalue weighted by Gasteiger charge is 2.21. The minimum Gasteiger partial charge on any atom is -0.378 e. The van der Waals surface area contributed by atoms with E-state index in [0.29, 0.717) is 18.3 Å². The number of nitrogens with zero attached hydrogens (tertiary/aromatic N) is 1. The van der Waals surface area contributed by atoms with Crippen LogP contribution in [0.5, 0.6) is 0 Å². The molecule has 124 valence electrons. The molecule has 7 heteroatoms. The van der Waals surface area contributed by atoms with Gasteiger partial charge in [0.1, 0.15) is 0 Å². The van der Waals surface area contributed by atoms with Gasteiger partial charge in [-0.15, -0.1) is 12.4 Å². The van der Waals surface area contributed by atoms with E-state index in [1.165, 1.54) is 25.7 Å². The minimum absolute atomic E-state index is 0. The molecule has 0 bridgehead atoms. The van der Waals surface area contributed by atoms with E-state index in [2.05, 4.69) is 20.8 Å². The smallest absolute Gasteiger partial charge is 0.272 e. The van der Waals surface area contributed by atoms with Gasteiger partial charge in [0.05, 0.1) is 6.10 Å². The molecule has 0 radical (unpaired) electrons. The van der Waals surface area contributed by atoms with E-state index in [1.807, 2.05) is 0 Å². The second-order valence-corrected chi connectivity index (χ2v) is 5.84. The van der Waals surface area contributed by atoms with Crippen molar-refractivity contribution >= 4 is 18.3 Å². The van der Waals surface area contributed by atoms with E-state index < -0.39 is 0 Å². The number of aromatic amines is 1. The topological polar surface area (TPSA) is 79.0 Å². The van der Waals surface area contributed by atoms with Crippen LogP contribution in [0.3, 0.4) is 0 Å². The van der Waals surface area contributed by atoms with Crippen LogP contribution in [-0.2, 0) is 17.7 Å². The summed E-state index contributed by atoms with van der Waals surface area (Å²) in [6, 6.07) is 0. The summed E-state index contributed by atoms with van der Waals surface area (Å²) in [6.07, 6.45) is 7.18. The van der Waals surface area contributed by atoms with Gasteiger partial charge in [-0.3, -0.25) is 9.89 Å². The Kier molecular flexibility index (Phi) is 6.67. The van der Waals surface area contributed by atoms with Gasteiger partial charge in [-0.05, 0) is 19.3 Å². The molecule has 2 aliphatic rings. The van der Waals surface area contributed by atoms with Crippen LogP contribution in [0, 0.1) is 0 Å². The van der Waals surface area contributed by atoms with Crippen LogP contribution in [0.25, 0.3) is 0 Å². The van der Waals surface area contributed by atoms with Crippen LogP contribution in [0.4, 0.5) is 0 Å². The average molecular weight is 329 g/mol. The Morgan fingerprint density at radius 3 is 3.00 bits per heavy atom. The van der Waals surface area contributed by atoms with Crippen molar-refractivity contribution in [3.05, 3.63) is 17.0 Å². The molecule has 3 N–H and O–H groups in total. The Balaban J connectivity index is 0.00000176. The second kappa shape index (κ2) is 8.50. The summed E-state index contributed by atoms with van der Waals surface area (Å²) >= 11 is 0. The molecule has 0 saturated heterocycles. The summed E-state index contributed by atoms with van der Waals surface area (Å²) in [5.74, 6) is -0.0860. The van der Waals surface area contributed by atoms with E-state index in [4.69, 9.17) is 4.74 Å². The van der Waals surface area contributed by atoms with Crippen LogP contribution in [0.15, 0.2) is 0 Å². The number of nitrogens with one attached hydrogen (secondary N) is 3. The number of hydrogen-bond acceptors (Lipinski definition) is 4. The highest BCUT2D eigenvalue weighted by atomic mass is 35.5. The molecule has 1 saturated carbocycles. The maximum absolute atomic E-state index is 12.1. The van der Waals surface area contributed by atoms with Gasteiger partial charge in [0, 0.05) is 43.9 Å². The summed E-state index contributed by atoms with van der Waals surface area (Å²) in [7, 11) is 0. The van der Waals surface area contributed by atoms with Crippen molar-refractivity contribution in [3.8, 4) is 0 Å². The lowest BCUT2D eigenvalue weighted by Gasteiger charge is -2.13. The number of fused-ring (bicyclic) bond motifs is 1. The van der Waals surface area contributed by atoms with Gasteiger partial charge >= 0.3 is 0 Å². The predicted octanol–water partition coefficient (Wildman–Crippen LogP) is 1.56. The zero-order valence-electron chi connectivity index (χ0n) is 12.8. The lowest BCUT2D eigenvalue weighted by Crippen LogP contribution is -2.29. The van der Waals surface area contributed by atoms with Crippen LogP contribution < -0.4 is 10.6 Å². The first-order valence-electron chi connectivity index (χ1n) is 8.01. The Morgan fingerprint density at radius 2 is 2.18 bits per heavy atom. The highest BCUT2D eigenvalue weighted by Crippen LogP contribution is 2.20. The van der Waals surface area contributed by atoms with Crippen LogP contribution in [0.1, 0.15) is 53.8 Å². The molecule has 6 nitrogen and oxygen atoms in total. The Hall–Kier alpha value is -1.11. The normalized spacial score (nSPS) is 17.8. The molecule has 0 atom stereocenters. The molecule has 0 aromatic carbocycles. The number of H-pyrrole nitrogens is 1. The molecule has 1 aliphatic carbocycles. The third kappa shape index (κ3) is 4.21. The monoisotopic (exact) mass is 328 g/mol. The molecule has 22 heavy (non-hydrogen) atoms. The van der Waals surface area contributed by atoms with Crippen molar-refractivity contribution in [2.75, 3.05) is 19.7 Å². The third-order valence-corrected chi connectivity index (χ3v) is 4.28. The van der Waals surface area contributed by atoms with Crippen molar-refractivity contribution < 1.29 is 9.53 Å². The maximum atomic E-state index is 12.1. The molecule has 0 unspecified atom stereocenters. The summed E-state index contributed by atoms with van der Waals surface area (Å²) in [4.78, 5) is 12.1. The fourth-order valence-corrected chi connectivity index (χ4v) is 3.08. The van der Waals surface area contributed by atoms with Crippen molar-refractivity contribution in [1.82, 2.24) is 20.8 Å². The van der Waals surface area contributed by atoms with Gasteiger partial charge in [0.25, 0.3) is 5.91 Å². The standard InChI is InChI=1S/C15H24N4O2.ClH/c20-15(14-12-10-16-8-6-13(12)18-19-14)17-7-3-9-21-11-4-1-2-5-11;/h11,16H,1-10H2,(H,17,20)(H,18,19);1H. The molecular formula is C15H25ClN4O2. The molecule has 1 aliphatic heterocycles. The fourth-order valence-electron chi connectivity index (χ4n) is 3.08. The summed E-state index contributed by atoms with van der Waals surface area (Å²) < 4.78 is 5.78. The molecule has 1 aromatic heterocycles. The zero-order chi connectivity index (χ0) is 14.5. The van der Waals surface area contributed by atoms with E-state index >= 15 is 0 Å². The van der Waals surface area contributed by atoms with Gasteiger partial charge in [0.2, 0.25) is 0 Å². The maximum Gasteiger partial charge on any atom is 0.272 e. The first-order chi connectivity index (χ1) is 10.3. The largest absolute Gasteiger partial charge is 0.378 e. The van der Waals surface area contributed by atoms with Crippen LogP contribution >= 0.6 is 12.4 Å². The van der Waals surface area contributed by atoms with Crippen molar-refractivity contribution in [2.24, 2.45) is 0 Å². The van der Waals surface area contributed by atoms with Gasteiger partial charge in [-0.2, -0.15) is 5.10 Å². The predicted molar refractivity (Wildman–Crippen MR) is 86.4 cm³/mol. The Labute approximate surface area is 137 Å². The molecule has 1 fully saturated rings.